The number of hydrogen-bond donors (Lipinski definition) is 3. The Morgan fingerprint density at radius 1 is 0.556 bits per heavy atom. The Bertz CT molecular complexity index is 1340. The maximum atomic E-state index is 12.9. The molecule has 0 heterocycles. The van der Waals surface area contributed by atoms with E-state index in [-0.39, 0.29) is 19.1 Å². The van der Waals surface area contributed by atoms with Crippen LogP contribution in [0.2, 0.25) is 0 Å². The molecule has 0 rings (SSSR count). The first-order chi connectivity index (χ1) is 30.5. The van der Waals surface area contributed by atoms with Crippen molar-refractivity contribution >= 4 is 13.7 Å². The van der Waals surface area contributed by atoms with E-state index in [1.807, 2.05) is 27.2 Å². The molecule has 0 radical (unpaired) electrons. The van der Waals surface area contributed by atoms with Crippen LogP contribution in [-0.2, 0) is 18.4 Å². The van der Waals surface area contributed by atoms with Crippen molar-refractivity contribution in [2.75, 3.05) is 40.9 Å². The van der Waals surface area contributed by atoms with Gasteiger partial charge in [-0.05, 0) is 89.9 Å². The molecule has 0 saturated heterocycles. The molecule has 0 aliphatic rings. The number of unbranched alkanes of at least 4 members (excludes halogenated alkanes) is 17. The van der Waals surface area contributed by atoms with Crippen molar-refractivity contribution in [3.8, 4) is 0 Å². The normalized spacial score (nSPS) is 15.0. The summed E-state index contributed by atoms with van der Waals surface area (Å²) in [5, 5.41) is 13.8. The SMILES string of the molecule is CC/C=C\C/C=C\C/C=C\C/C=C\C/C=C\CCCCCCCC(=O)NC(COP(=O)(O)OCC[N+](C)(C)C)C(O)/C=C/CC/C=C/CC/C=C/CCCCCCCCCCCC. The average molecular weight is 900 g/mol. The van der Waals surface area contributed by atoms with Crippen LogP contribution >= 0.6 is 7.82 Å². The molecule has 0 aromatic heterocycles. The van der Waals surface area contributed by atoms with Crippen LogP contribution < -0.4 is 5.32 Å². The molecule has 0 saturated carbocycles. The van der Waals surface area contributed by atoms with Crippen LogP contribution in [0.15, 0.2) is 97.2 Å². The van der Waals surface area contributed by atoms with E-state index in [0.29, 0.717) is 17.4 Å². The molecule has 3 N–H and O–H groups in total. The second-order valence-corrected chi connectivity index (χ2v) is 19.2. The summed E-state index contributed by atoms with van der Waals surface area (Å²) in [6.45, 7) is 4.64. The summed E-state index contributed by atoms with van der Waals surface area (Å²) >= 11 is 0. The largest absolute Gasteiger partial charge is 0.472 e. The van der Waals surface area contributed by atoms with Gasteiger partial charge < -0.3 is 19.8 Å². The third kappa shape index (κ3) is 47.2. The van der Waals surface area contributed by atoms with E-state index in [9.17, 15) is 19.4 Å². The number of phosphoric ester groups is 1. The summed E-state index contributed by atoms with van der Waals surface area (Å²) in [5.41, 5.74) is 0. The molecule has 0 aromatic carbocycles. The van der Waals surface area contributed by atoms with Crippen molar-refractivity contribution in [1.29, 1.82) is 0 Å². The quantitative estimate of drug-likeness (QED) is 0.0243. The standard InChI is InChI=1S/C54H95N2O6P/c1-6-8-10-12-14-16-18-20-22-24-26-28-30-32-34-36-38-40-42-44-46-48-54(58)55-52(51-62-63(59,60)61-50-49-56(3,4)5)53(57)47-45-43-41-39-37-35-33-31-29-27-25-23-21-19-17-15-13-11-9-7-2/h8,10,14,16,20,22,26,28-29,31-32,34,37,39,45,47,52-53,57H,6-7,9,11-13,15,17-19,21,23-25,27,30,33,35-36,38,40-44,46,48-51H2,1-5H3,(H-,55,58,59,60)/p+1/b10-8-,16-14-,22-20-,28-26-,31-29+,34-32-,39-37+,47-45+. The van der Waals surface area contributed by atoms with Crippen molar-refractivity contribution in [2.24, 2.45) is 0 Å². The molecule has 9 heteroatoms. The van der Waals surface area contributed by atoms with E-state index in [1.54, 1.807) is 6.08 Å². The van der Waals surface area contributed by atoms with Crippen LogP contribution in [0, 0.1) is 0 Å². The van der Waals surface area contributed by atoms with Crippen LogP contribution in [0.4, 0.5) is 0 Å². The van der Waals surface area contributed by atoms with Crippen molar-refractivity contribution in [3.05, 3.63) is 97.2 Å². The highest BCUT2D eigenvalue weighted by molar-refractivity contribution is 7.47. The van der Waals surface area contributed by atoms with E-state index in [0.717, 1.165) is 96.3 Å². The van der Waals surface area contributed by atoms with E-state index < -0.39 is 20.0 Å². The molecule has 1 amide bonds. The lowest BCUT2D eigenvalue weighted by Crippen LogP contribution is -2.45. The van der Waals surface area contributed by atoms with Crippen molar-refractivity contribution in [2.45, 2.75) is 199 Å². The Labute approximate surface area is 388 Å². The lowest BCUT2D eigenvalue weighted by atomic mass is 10.1. The number of phosphoric acid groups is 1. The first-order valence-corrected chi connectivity index (χ1v) is 26.6. The minimum atomic E-state index is -4.37. The minimum Gasteiger partial charge on any atom is -0.387 e. The van der Waals surface area contributed by atoms with Gasteiger partial charge in [0.05, 0.1) is 39.9 Å². The number of aliphatic hydroxyl groups is 1. The first kappa shape index (κ1) is 60.4. The van der Waals surface area contributed by atoms with Crippen LogP contribution in [0.3, 0.4) is 0 Å². The van der Waals surface area contributed by atoms with Gasteiger partial charge in [0.15, 0.2) is 0 Å². The summed E-state index contributed by atoms with van der Waals surface area (Å²) in [7, 11) is 1.52. The van der Waals surface area contributed by atoms with Crippen LogP contribution in [0.25, 0.3) is 0 Å². The van der Waals surface area contributed by atoms with Crippen LogP contribution in [-0.4, -0.2) is 73.4 Å². The number of nitrogens with zero attached hydrogens (tertiary/aromatic N) is 1. The van der Waals surface area contributed by atoms with Gasteiger partial charge in [0.2, 0.25) is 5.91 Å². The first-order valence-electron chi connectivity index (χ1n) is 25.1. The third-order valence-electron chi connectivity index (χ3n) is 10.5. The molecule has 0 aliphatic carbocycles. The highest BCUT2D eigenvalue weighted by Crippen LogP contribution is 2.43. The molecular weight excluding hydrogens is 804 g/mol. The number of nitrogens with one attached hydrogen (secondary N) is 1. The average Bonchev–Trinajstić information content (AvgIpc) is 3.24. The molecule has 0 aliphatic heterocycles. The zero-order valence-corrected chi connectivity index (χ0v) is 41.9. The van der Waals surface area contributed by atoms with Gasteiger partial charge in [0.25, 0.3) is 0 Å². The number of amides is 1. The summed E-state index contributed by atoms with van der Waals surface area (Å²) in [6, 6.07) is -0.887. The molecule has 3 atom stereocenters. The number of hydrogen-bond acceptors (Lipinski definition) is 5. The number of carbonyl (C=O) groups is 1. The molecule has 8 nitrogen and oxygen atoms in total. The smallest absolute Gasteiger partial charge is 0.387 e. The minimum absolute atomic E-state index is 0.0439. The molecular formula is C54H96N2O6P+. The van der Waals surface area contributed by atoms with E-state index in [4.69, 9.17) is 9.05 Å². The van der Waals surface area contributed by atoms with Crippen molar-refractivity contribution in [1.82, 2.24) is 5.32 Å². The maximum Gasteiger partial charge on any atom is 0.472 e. The maximum absolute atomic E-state index is 12.9. The van der Waals surface area contributed by atoms with Crippen molar-refractivity contribution in [3.63, 3.8) is 0 Å². The third-order valence-corrected chi connectivity index (χ3v) is 11.5. The highest BCUT2D eigenvalue weighted by Gasteiger charge is 2.27. The lowest BCUT2D eigenvalue weighted by Gasteiger charge is -2.25. The zero-order valence-electron chi connectivity index (χ0n) is 41.0. The van der Waals surface area contributed by atoms with Gasteiger partial charge >= 0.3 is 7.82 Å². The van der Waals surface area contributed by atoms with Gasteiger partial charge in [-0.15, -0.1) is 0 Å². The van der Waals surface area contributed by atoms with E-state index in [1.165, 1.54) is 70.6 Å². The molecule has 0 fully saturated rings. The Morgan fingerprint density at radius 3 is 1.46 bits per heavy atom. The van der Waals surface area contributed by atoms with Crippen LogP contribution in [0.5, 0.6) is 0 Å². The van der Waals surface area contributed by atoms with E-state index >= 15 is 0 Å². The summed E-state index contributed by atoms with van der Waals surface area (Å²) in [6.07, 6.45) is 63.4. The fourth-order valence-electron chi connectivity index (χ4n) is 6.57. The molecule has 63 heavy (non-hydrogen) atoms. The van der Waals surface area contributed by atoms with Crippen LogP contribution in [0.1, 0.15) is 187 Å². The second kappa shape index (κ2) is 44.6. The highest BCUT2D eigenvalue weighted by atomic mass is 31.2. The van der Waals surface area contributed by atoms with Crippen molar-refractivity contribution < 1.29 is 32.9 Å². The number of allylic oxidation sites excluding steroid dienone is 15. The van der Waals surface area contributed by atoms with Gasteiger partial charge in [-0.2, -0.15) is 0 Å². The Kier molecular flexibility index (Phi) is 42.8. The fourth-order valence-corrected chi connectivity index (χ4v) is 7.30. The Balaban J connectivity index is 4.48. The van der Waals surface area contributed by atoms with E-state index in [2.05, 4.69) is 104 Å². The molecule has 3 unspecified atom stereocenters. The summed E-state index contributed by atoms with van der Waals surface area (Å²) in [4.78, 5) is 23.2. The number of aliphatic hydroxyl groups excluding tert-OH is 1. The van der Waals surface area contributed by atoms with Gasteiger partial charge in [0.1, 0.15) is 13.2 Å². The lowest BCUT2D eigenvalue weighted by molar-refractivity contribution is -0.870. The zero-order chi connectivity index (χ0) is 46.4. The van der Waals surface area contributed by atoms with Gasteiger partial charge in [-0.3, -0.25) is 13.8 Å². The Hall–Kier alpha value is -2.58. The number of quaternary nitrogens is 1. The Morgan fingerprint density at radius 2 is 0.968 bits per heavy atom. The fraction of sp³-hybridized carbons (Fsp3) is 0.685. The summed E-state index contributed by atoms with van der Waals surface area (Å²) < 4.78 is 23.6. The van der Waals surface area contributed by atoms with Gasteiger partial charge in [-0.1, -0.05) is 188 Å². The topological polar surface area (TPSA) is 105 Å². The van der Waals surface area contributed by atoms with Gasteiger partial charge in [-0.25, -0.2) is 4.57 Å². The van der Waals surface area contributed by atoms with Gasteiger partial charge in [0, 0.05) is 6.42 Å². The second-order valence-electron chi connectivity index (χ2n) is 17.8. The monoisotopic (exact) mass is 900 g/mol. The molecule has 362 valence electrons. The number of rotatable bonds is 44. The molecule has 0 bridgehead atoms. The predicted molar refractivity (Wildman–Crippen MR) is 272 cm³/mol. The predicted octanol–water partition coefficient (Wildman–Crippen LogP) is 14.7. The summed E-state index contributed by atoms with van der Waals surface area (Å²) in [5.74, 6) is -0.214. The molecule has 0 aromatic rings. The molecule has 0 spiro atoms. The number of carbonyl (C=O) groups excluding carboxylic acids is 1. The number of likely N-dealkylation sites (N-methyl/N-ethyl adjacent to an activating group) is 1.